The van der Waals surface area contributed by atoms with Gasteiger partial charge in [-0.1, -0.05) is 30.3 Å². The van der Waals surface area contributed by atoms with Crippen LogP contribution >= 0.6 is 0 Å². The fraction of sp³-hybridized carbons (Fsp3) is 0.364. The number of hydrogen-bond donors (Lipinski definition) is 1. The zero-order valence-electron chi connectivity index (χ0n) is 16.5. The van der Waals surface area contributed by atoms with Crippen molar-refractivity contribution in [2.45, 2.75) is 12.6 Å². The first-order valence-electron chi connectivity index (χ1n) is 9.82. The Kier molecular flexibility index (Phi) is 7.10. The number of carbonyl (C=O) groups excluding carboxylic acids is 2. The van der Waals surface area contributed by atoms with Gasteiger partial charge in [-0.25, -0.2) is 0 Å². The highest BCUT2D eigenvalue weighted by molar-refractivity contribution is 5.94. The van der Waals surface area contributed by atoms with Gasteiger partial charge in [0, 0.05) is 38.3 Å². The summed E-state index contributed by atoms with van der Waals surface area (Å²) in [7, 11) is 0. The Labute approximate surface area is 173 Å². The number of benzene rings is 2. The lowest BCUT2D eigenvalue weighted by atomic mass is 10.1. The molecule has 2 aromatic rings. The third-order valence-corrected chi connectivity index (χ3v) is 5.06. The van der Waals surface area contributed by atoms with Gasteiger partial charge in [-0.2, -0.15) is 13.2 Å². The molecule has 0 aliphatic carbocycles. The van der Waals surface area contributed by atoms with E-state index in [2.05, 4.69) is 5.32 Å². The SMILES string of the molecule is O=C(CN1CCN(C(=O)c2ccc(C(F)(F)F)cc2)CC1)NCCc1ccccc1. The summed E-state index contributed by atoms with van der Waals surface area (Å²) >= 11 is 0. The van der Waals surface area contributed by atoms with Crippen LogP contribution in [0.1, 0.15) is 21.5 Å². The molecule has 0 saturated carbocycles. The Morgan fingerprint density at radius 2 is 1.53 bits per heavy atom. The van der Waals surface area contributed by atoms with Crippen LogP contribution in [-0.4, -0.2) is 60.9 Å². The molecule has 3 rings (SSSR count). The molecule has 0 atom stereocenters. The van der Waals surface area contributed by atoms with Gasteiger partial charge in [0.05, 0.1) is 12.1 Å². The van der Waals surface area contributed by atoms with Gasteiger partial charge in [0.2, 0.25) is 5.91 Å². The second-order valence-electron chi connectivity index (χ2n) is 7.23. The number of carbonyl (C=O) groups is 2. The van der Waals surface area contributed by atoms with Crippen LogP contribution in [0.5, 0.6) is 0 Å². The number of rotatable bonds is 6. The molecular formula is C22H24F3N3O2. The van der Waals surface area contributed by atoms with E-state index in [1.54, 1.807) is 4.90 Å². The summed E-state index contributed by atoms with van der Waals surface area (Å²) in [5.41, 5.74) is 0.616. The van der Waals surface area contributed by atoms with Crippen molar-refractivity contribution in [3.63, 3.8) is 0 Å². The van der Waals surface area contributed by atoms with Crippen molar-refractivity contribution in [2.75, 3.05) is 39.3 Å². The van der Waals surface area contributed by atoms with E-state index in [1.165, 1.54) is 12.1 Å². The Balaban J connectivity index is 1.40. The average Bonchev–Trinajstić information content (AvgIpc) is 2.74. The summed E-state index contributed by atoms with van der Waals surface area (Å²) in [5.74, 6) is -0.357. The van der Waals surface area contributed by atoms with E-state index >= 15 is 0 Å². The number of hydrogen-bond acceptors (Lipinski definition) is 3. The molecular weight excluding hydrogens is 395 g/mol. The molecule has 8 heteroatoms. The van der Waals surface area contributed by atoms with Crippen LogP contribution in [0.25, 0.3) is 0 Å². The van der Waals surface area contributed by atoms with Crippen molar-refractivity contribution in [1.29, 1.82) is 0 Å². The van der Waals surface area contributed by atoms with Crippen molar-refractivity contribution >= 4 is 11.8 Å². The van der Waals surface area contributed by atoms with Crippen molar-refractivity contribution in [2.24, 2.45) is 0 Å². The fourth-order valence-corrected chi connectivity index (χ4v) is 3.34. The monoisotopic (exact) mass is 419 g/mol. The maximum atomic E-state index is 12.7. The highest BCUT2D eigenvalue weighted by atomic mass is 19.4. The van der Waals surface area contributed by atoms with Crippen molar-refractivity contribution in [3.05, 3.63) is 71.3 Å². The number of piperazine rings is 1. The number of amides is 2. The van der Waals surface area contributed by atoms with E-state index in [0.717, 1.165) is 24.1 Å². The topological polar surface area (TPSA) is 52.7 Å². The summed E-state index contributed by atoms with van der Waals surface area (Å²) in [4.78, 5) is 28.2. The van der Waals surface area contributed by atoms with Gasteiger partial charge < -0.3 is 10.2 Å². The van der Waals surface area contributed by atoms with Crippen LogP contribution in [0.15, 0.2) is 54.6 Å². The summed E-state index contributed by atoms with van der Waals surface area (Å²) in [6, 6.07) is 14.1. The number of halogens is 3. The lowest BCUT2D eigenvalue weighted by Gasteiger charge is -2.34. The zero-order valence-corrected chi connectivity index (χ0v) is 16.5. The molecule has 1 aliphatic rings. The molecule has 5 nitrogen and oxygen atoms in total. The summed E-state index contributed by atoms with van der Waals surface area (Å²) < 4.78 is 38.0. The summed E-state index contributed by atoms with van der Waals surface area (Å²) in [6.07, 6.45) is -3.66. The first-order valence-corrected chi connectivity index (χ1v) is 9.82. The second kappa shape index (κ2) is 9.75. The Morgan fingerprint density at radius 3 is 2.13 bits per heavy atom. The van der Waals surface area contributed by atoms with Gasteiger partial charge in [0.25, 0.3) is 5.91 Å². The second-order valence-corrected chi connectivity index (χ2v) is 7.23. The third kappa shape index (κ3) is 6.06. The Morgan fingerprint density at radius 1 is 0.900 bits per heavy atom. The van der Waals surface area contributed by atoms with E-state index in [9.17, 15) is 22.8 Å². The smallest absolute Gasteiger partial charge is 0.355 e. The quantitative estimate of drug-likeness (QED) is 0.784. The molecule has 1 aliphatic heterocycles. The van der Waals surface area contributed by atoms with Crippen molar-refractivity contribution in [1.82, 2.24) is 15.1 Å². The first-order chi connectivity index (χ1) is 14.3. The highest BCUT2D eigenvalue weighted by Gasteiger charge is 2.30. The van der Waals surface area contributed by atoms with Gasteiger partial charge in [-0.05, 0) is 36.2 Å². The van der Waals surface area contributed by atoms with Gasteiger partial charge >= 0.3 is 6.18 Å². The molecule has 2 amide bonds. The predicted octanol–water partition coefficient (Wildman–Crippen LogP) is 2.82. The Hall–Kier alpha value is -2.87. The standard InChI is InChI=1S/C22H24F3N3O2/c23-22(24,25)19-8-6-18(7-9-19)21(30)28-14-12-27(13-15-28)16-20(29)26-11-10-17-4-2-1-3-5-17/h1-9H,10-16H2,(H,26,29). The van der Waals surface area contributed by atoms with Crippen LogP contribution in [0.3, 0.4) is 0 Å². The van der Waals surface area contributed by atoms with Crippen molar-refractivity contribution < 1.29 is 22.8 Å². The van der Waals surface area contributed by atoms with Gasteiger partial charge in [0.15, 0.2) is 0 Å². The average molecular weight is 419 g/mol. The summed E-state index contributed by atoms with van der Waals surface area (Å²) in [5, 5.41) is 2.90. The van der Waals surface area contributed by atoms with Crippen molar-refractivity contribution in [3.8, 4) is 0 Å². The molecule has 1 saturated heterocycles. The lowest BCUT2D eigenvalue weighted by Crippen LogP contribution is -2.51. The molecule has 0 unspecified atom stereocenters. The third-order valence-electron chi connectivity index (χ3n) is 5.06. The predicted molar refractivity (Wildman–Crippen MR) is 107 cm³/mol. The lowest BCUT2D eigenvalue weighted by molar-refractivity contribution is -0.137. The van der Waals surface area contributed by atoms with Crippen LogP contribution in [0.2, 0.25) is 0 Å². The van der Waals surface area contributed by atoms with Gasteiger partial charge in [-0.15, -0.1) is 0 Å². The summed E-state index contributed by atoms with van der Waals surface area (Å²) in [6.45, 7) is 2.76. The first kappa shape index (κ1) is 21.8. The maximum absolute atomic E-state index is 12.7. The van der Waals surface area contributed by atoms with E-state index < -0.39 is 11.7 Å². The minimum Gasteiger partial charge on any atom is -0.355 e. The molecule has 30 heavy (non-hydrogen) atoms. The van der Waals surface area contributed by atoms with Crippen LogP contribution < -0.4 is 5.32 Å². The fourth-order valence-electron chi connectivity index (χ4n) is 3.34. The molecule has 0 aromatic heterocycles. The molecule has 2 aromatic carbocycles. The maximum Gasteiger partial charge on any atom is 0.416 e. The molecule has 0 spiro atoms. The molecule has 160 valence electrons. The zero-order chi connectivity index (χ0) is 21.6. The van der Waals surface area contributed by atoms with Crippen LogP contribution in [0, 0.1) is 0 Å². The van der Waals surface area contributed by atoms with E-state index in [4.69, 9.17) is 0 Å². The largest absolute Gasteiger partial charge is 0.416 e. The molecule has 0 bridgehead atoms. The Bertz CT molecular complexity index is 846. The molecule has 1 N–H and O–H groups in total. The number of nitrogens with zero attached hydrogens (tertiary/aromatic N) is 2. The number of alkyl halides is 3. The van der Waals surface area contributed by atoms with Crippen LogP contribution in [0.4, 0.5) is 13.2 Å². The van der Waals surface area contributed by atoms with E-state index in [-0.39, 0.29) is 23.9 Å². The minimum atomic E-state index is -4.42. The van der Waals surface area contributed by atoms with Gasteiger partial charge in [-0.3, -0.25) is 14.5 Å². The highest BCUT2D eigenvalue weighted by Crippen LogP contribution is 2.29. The van der Waals surface area contributed by atoms with E-state index in [0.29, 0.717) is 32.7 Å². The van der Waals surface area contributed by atoms with Crippen LogP contribution in [-0.2, 0) is 17.4 Å². The normalized spacial score (nSPS) is 15.1. The number of nitrogens with one attached hydrogen (secondary N) is 1. The molecule has 1 fully saturated rings. The van der Waals surface area contributed by atoms with E-state index in [1.807, 2.05) is 35.2 Å². The molecule has 0 radical (unpaired) electrons. The minimum absolute atomic E-state index is 0.0616. The van der Waals surface area contributed by atoms with Gasteiger partial charge in [0.1, 0.15) is 0 Å². The molecule has 1 heterocycles.